The van der Waals surface area contributed by atoms with Crippen LogP contribution in [0.1, 0.15) is 5.69 Å². The molecule has 2 aromatic rings. The lowest BCUT2D eigenvalue weighted by atomic mass is 10.3. The van der Waals surface area contributed by atoms with Crippen molar-refractivity contribution in [1.82, 2.24) is 4.98 Å². The molecule has 0 spiro atoms. The molecule has 0 radical (unpaired) electrons. The number of halogens is 2. The molecule has 5 nitrogen and oxygen atoms in total. The predicted octanol–water partition coefficient (Wildman–Crippen LogP) is 3.97. The van der Waals surface area contributed by atoms with E-state index in [1.54, 1.807) is 6.92 Å². The van der Waals surface area contributed by atoms with Gasteiger partial charge in [-0.2, -0.15) is 0 Å². The Kier molecular flexibility index (Phi) is 6.90. The lowest BCUT2D eigenvalue weighted by Crippen LogP contribution is -2.22. The highest BCUT2D eigenvalue weighted by Gasteiger charge is 2.12. The van der Waals surface area contributed by atoms with Gasteiger partial charge in [0.05, 0.1) is 21.5 Å². The number of nitrogens with one attached hydrogen (secondary N) is 1. The first-order valence-electron chi connectivity index (χ1n) is 6.91. The van der Waals surface area contributed by atoms with Gasteiger partial charge in [-0.25, -0.2) is 4.98 Å². The minimum Gasteiger partial charge on any atom is -0.455 e. The Morgan fingerprint density at radius 2 is 1.92 bits per heavy atom. The van der Waals surface area contributed by atoms with Gasteiger partial charge in [-0.1, -0.05) is 41.4 Å². The van der Waals surface area contributed by atoms with Crippen LogP contribution in [0.3, 0.4) is 0 Å². The average molecular weight is 385 g/mol. The van der Waals surface area contributed by atoms with Crippen LogP contribution in [0.2, 0.25) is 10.0 Å². The molecule has 2 rings (SSSR count). The Balaban J connectivity index is 1.78. The van der Waals surface area contributed by atoms with Gasteiger partial charge in [-0.05, 0) is 25.1 Å². The van der Waals surface area contributed by atoms with Gasteiger partial charge in [0.1, 0.15) is 0 Å². The van der Waals surface area contributed by atoms with Crippen molar-refractivity contribution in [3.63, 3.8) is 0 Å². The first-order valence-corrected chi connectivity index (χ1v) is 8.66. The maximum absolute atomic E-state index is 11.8. The van der Waals surface area contributed by atoms with Crippen LogP contribution in [0, 0.1) is 6.92 Å². The number of amides is 1. The lowest BCUT2D eigenvalue weighted by molar-refractivity contribution is -0.144. The van der Waals surface area contributed by atoms with E-state index in [1.807, 2.05) is 30.3 Å². The van der Waals surface area contributed by atoms with Crippen LogP contribution >= 0.6 is 35.0 Å². The molecule has 0 atom stereocenters. The molecular formula is C16H14Cl2N2O3S. The SMILES string of the molecule is Cc1nc(NC(=O)COC(=O)CSc2ccccc2)c(Cl)cc1Cl. The Bertz CT molecular complexity index is 742. The molecule has 0 aliphatic rings. The summed E-state index contributed by atoms with van der Waals surface area (Å²) in [5, 5.41) is 3.10. The van der Waals surface area contributed by atoms with E-state index >= 15 is 0 Å². The van der Waals surface area contributed by atoms with E-state index in [9.17, 15) is 9.59 Å². The molecule has 0 aliphatic carbocycles. The third kappa shape index (κ3) is 5.70. The van der Waals surface area contributed by atoms with Crippen molar-refractivity contribution < 1.29 is 14.3 Å². The summed E-state index contributed by atoms with van der Waals surface area (Å²) in [6.45, 7) is 1.28. The molecule has 0 saturated carbocycles. The van der Waals surface area contributed by atoms with Crippen molar-refractivity contribution >= 4 is 52.7 Å². The molecule has 1 amide bonds. The Morgan fingerprint density at radius 1 is 1.21 bits per heavy atom. The second-order valence-corrected chi connectivity index (χ2v) is 6.56. The van der Waals surface area contributed by atoms with Gasteiger partial charge in [-0.3, -0.25) is 9.59 Å². The van der Waals surface area contributed by atoms with Gasteiger partial charge < -0.3 is 10.1 Å². The van der Waals surface area contributed by atoms with E-state index in [0.717, 1.165) is 4.90 Å². The number of ether oxygens (including phenoxy) is 1. The zero-order chi connectivity index (χ0) is 17.5. The fraction of sp³-hybridized carbons (Fsp3) is 0.188. The summed E-state index contributed by atoms with van der Waals surface area (Å²) in [6, 6.07) is 10.9. The standard InChI is InChI=1S/C16H14Cl2N2O3S/c1-10-12(17)7-13(18)16(19-10)20-14(21)8-23-15(22)9-24-11-5-3-2-4-6-11/h2-7H,8-9H2,1H3,(H,19,20,21). The van der Waals surface area contributed by atoms with E-state index < -0.39 is 18.5 Å². The van der Waals surface area contributed by atoms with Crippen LogP contribution in [0.25, 0.3) is 0 Å². The van der Waals surface area contributed by atoms with Crippen molar-refractivity contribution in [1.29, 1.82) is 0 Å². The number of carbonyl (C=O) groups excluding carboxylic acids is 2. The molecule has 1 heterocycles. The number of hydrogen-bond donors (Lipinski definition) is 1. The molecular weight excluding hydrogens is 371 g/mol. The number of esters is 1. The fourth-order valence-corrected chi connectivity index (χ4v) is 2.78. The lowest BCUT2D eigenvalue weighted by Gasteiger charge is -2.09. The van der Waals surface area contributed by atoms with Crippen molar-refractivity contribution in [3.8, 4) is 0 Å². The summed E-state index contributed by atoms with van der Waals surface area (Å²) in [4.78, 5) is 28.5. The average Bonchev–Trinajstić information content (AvgIpc) is 2.57. The van der Waals surface area contributed by atoms with E-state index in [1.165, 1.54) is 17.8 Å². The molecule has 0 bridgehead atoms. The third-order valence-corrected chi connectivity index (χ3v) is 4.48. The van der Waals surface area contributed by atoms with Gasteiger partial charge >= 0.3 is 5.97 Å². The highest BCUT2D eigenvalue weighted by Crippen LogP contribution is 2.25. The minimum absolute atomic E-state index is 0.121. The summed E-state index contributed by atoms with van der Waals surface area (Å²) in [5.74, 6) is -0.705. The molecule has 0 fully saturated rings. The van der Waals surface area contributed by atoms with E-state index in [4.69, 9.17) is 27.9 Å². The van der Waals surface area contributed by atoms with E-state index in [0.29, 0.717) is 10.7 Å². The summed E-state index contributed by atoms with van der Waals surface area (Å²) in [6.07, 6.45) is 0. The number of aryl methyl sites for hydroxylation is 1. The van der Waals surface area contributed by atoms with Crippen LogP contribution in [-0.2, 0) is 14.3 Å². The predicted molar refractivity (Wildman–Crippen MR) is 95.7 cm³/mol. The van der Waals surface area contributed by atoms with Gasteiger partial charge in [0, 0.05) is 4.90 Å². The summed E-state index contributed by atoms with van der Waals surface area (Å²) in [5.41, 5.74) is 0.535. The third-order valence-electron chi connectivity index (χ3n) is 2.83. The fourth-order valence-electron chi connectivity index (χ4n) is 1.66. The molecule has 8 heteroatoms. The number of carbonyl (C=O) groups is 2. The van der Waals surface area contributed by atoms with E-state index in [-0.39, 0.29) is 16.6 Å². The quantitative estimate of drug-likeness (QED) is 0.602. The second-order valence-electron chi connectivity index (χ2n) is 4.70. The number of aromatic nitrogens is 1. The molecule has 0 saturated heterocycles. The number of anilines is 1. The number of benzene rings is 1. The number of hydrogen-bond acceptors (Lipinski definition) is 5. The maximum atomic E-state index is 11.8. The van der Waals surface area contributed by atoms with Crippen molar-refractivity contribution in [2.75, 3.05) is 17.7 Å². The normalized spacial score (nSPS) is 10.3. The molecule has 126 valence electrons. The maximum Gasteiger partial charge on any atom is 0.316 e. The molecule has 24 heavy (non-hydrogen) atoms. The van der Waals surface area contributed by atoms with Gasteiger partial charge in [0.25, 0.3) is 5.91 Å². The molecule has 0 unspecified atom stereocenters. The highest BCUT2D eigenvalue weighted by molar-refractivity contribution is 8.00. The monoisotopic (exact) mass is 384 g/mol. The van der Waals surface area contributed by atoms with Crippen molar-refractivity contribution in [2.45, 2.75) is 11.8 Å². The van der Waals surface area contributed by atoms with Crippen molar-refractivity contribution in [2.24, 2.45) is 0 Å². The number of pyridine rings is 1. The largest absolute Gasteiger partial charge is 0.455 e. The number of rotatable bonds is 6. The Labute approximate surface area is 153 Å². The Hall–Kier alpha value is -1.76. The van der Waals surface area contributed by atoms with Gasteiger partial charge in [-0.15, -0.1) is 11.8 Å². The second kappa shape index (κ2) is 8.92. The number of nitrogens with zero attached hydrogens (tertiary/aromatic N) is 1. The smallest absolute Gasteiger partial charge is 0.316 e. The molecule has 1 N–H and O–H groups in total. The topological polar surface area (TPSA) is 68.3 Å². The highest BCUT2D eigenvalue weighted by atomic mass is 35.5. The first-order chi connectivity index (χ1) is 11.5. The summed E-state index contributed by atoms with van der Waals surface area (Å²) < 4.78 is 4.92. The molecule has 1 aromatic heterocycles. The molecule has 1 aromatic carbocycles. The molecule has 0 aliphatic heterocycles. The van der Waals surface area contributed by atoms with Crippen LogP contribution < -0.4 is 5.32 Å². The zero-order valence-corrected chi connectivity index (χ0v) is 15.0. The summed E-state index contributed by atoms with van der Waals surface area (Å²) in [7, 11) is 0. The Morgan fingerprint density at radius 3 is 2.62 bits per heavy atom. The van der Waals surface area contributed by atoms with Crippen molar-refractivity contribution in [3.05, 3.63) is 52.1 Å². The van der Waals surface area contributed by atoms with Crippen LogP contribution in [-0.4, -0.2) is 29.2 Å². The minimum atomic E-state index is -0.524. The van der Waals surface area contributed by atoms with Crippen LogP contribution in [0.15, 0.2) is 41.3 Å². The first kappa shape index (κ1) is 18.6. The summed E-state index contributed by atoms with van der Waals surface area (Å²) >= 11 is 13.2. The van der Waals surface area contributed by atoms with Crippen LogP contribution in [0.5, 0.6) is 0 Å². The zero-order valence-electron chi connectivity index (χ0n) is 12.7. The number of thioether (sulfide) groups is 1. The van der Waals surface area contributed by atoms with E-state index in [2.05, 4.69) is 10.3 Å². The van der Waals surface area contributed by atoms with Crippen LogP contribution in [0.4, 0.5) is 5.82 Å². The van der Waals surface area contributed by atoms with Gasteiger partial charge in [0.2, 0.25) is 0 Å². The van der Waals surface area contributed by atoms with Gasteiger partial charge in [0.15, 0.2) is 12.4 Å².